The van der Waals surface area contributed by atoms with Gasteiger partial charge in [0.25, 0.3) is 0 Å². The largest absolute Gasteiger partial charge is 0.508 e. The van der Waals surface area contributed by atoms with Gasteiger partial charge in [0.15, 0.2) is 0 Å². The monoisotopic (exact) mass is 281 g/mol. The molecule has 1 atom stereocenters. The van der Waals surface area contributed by atoms with Gasteiger partial charge in [0.2, 0.25) is 5.91 Å². The Balaban J connectivity index is 1.72. The number of benzene rings is 2. The summed E-state index contributed by atoms with van der Waals surface area (Å²) in [7, 11) is 1.88. The van der Waals surface area contributed by atoms with Crippen LogP contribution in [-0.4, -0.2) is 23.0 Å². The molecule has 21 heavy (non-hydrogen) atoms. The van der Waals surface area contributed by atoms with Crippen molar-refractivity contribution in [3.05, 3.63) is 65.2 Å². The number of carbonyl (C=O) groups is 1. The van der Waals surface area contributed by atoms with Crippen LogP contribution in [0.25, 0.3) is 0 Å². The minimum Gasteiger partial charge on any atom is -0.508 e. The summed E-state index contributed by atoms with van der Waals surface area (Å²) >= 11 is 0. The fraction of sp³-hybridized carbons (Fsp3) is 0.278. The topological polar surface area (TPSA) is 40.5 Å². The summed E-state index contributed by atoms with van der Waals surface area (Å²) < 4.78 is 0. The third kappa shape index (κ3) is 2.77. The van der Waals surface area contributed by atoms with Gasteiger partial charge in [0.05, 0.1) is 12.5 Å². The lowest BCUT2D eigenvalue weighted by Crippen LogP contribution is -2.31. The first-order valence-electron chi connectivity index (χ1n) is 7.26. The molecule has 0 saturated carbocycles. The van der Waals surface area contributed by atoms with E-state index in [9.17, 15) is 9.90 Å². The second-order valence-electron chi connectivity index (χ2n) is 5.60. The number of hydrogen-bond acceptors (Lipinski definition) is 2. The lowest BCUT2D eigenvalue weighted by molar-refractivity contribution is -0.131. The highest BCUT2D eigenvalue weighted by molar-refractivity contribution is 5.79. The van der Waals surface area contributed by atoms with Gasteiger partial charge in [-0.1, -0.05) is 36.4 Å². The fourth-order valence-corrected chi connectivity index (χ4v) is 3.02. The van der Waals surface area contributed by atoms with E-state index in [0.29, 0.717) is 6.42 Å². The summed E-state index contributed by atoms with van der Waals surface area (Å²) in [5, 5.41) is 9.29. The van der Waals surface area contributed by atoms with Crippen molar-refractivity contribution in [3.8, 4) is 5.75 Å². The van der Waals surface area contributed by atoms with Crippen molar-refractivity contribution in [1.82, 2.24) is 4.90 Å². The fourth-order valence-electron chi connectivity index (χ4n) is 3.02. The standard InChI is InChI=1S/C18H19NO2/c1-19(17-11-8-14-4-2-3-5-16(14)17)18(21)12-13-6-9-15(20)10-7-13/h2-7,9-10,17,20H,8,11-12H2,1H3. The number of fused-ring (bicyclic) bond motifs is 1. The molecule has 0 aliphatic heterocycles. The van der Waals surface area contributed by atoms with Gasteiger partial charge < -0.3 is 10.0 Å². The van der Waals surface area contributed by atoms with Crippen LogP contribution in [0.5, 0.6) is 5.75 Å². The molecule has 0 heterocycles. The smallest absolute Gasteiger partial charge is 0.227 e. The van der Waals surface area contributed by atoms with E-state index in [0.717, 1.165) is 18.4 Å². The summed E-state index contributed by atoms with van der Waals surface area (Å²) in [6.07, 6.45) is 2.41. The predicted octanol–water partition coefficient (Wildman–Crippen LogP) is 3.08. The summed E-state index contributed by atoms with van der Waals surface area (Å²) in [4.78, 5) is 14.3. The van der Waals surface area contributed by atoms with Gasteiger partial charge in [-0.3, -0.25) is 4.79 Å². The molecule has 0 spiro atoms. The molecule has 1 N–H and O–H groups in total. The molecule has 3 heteroatoms. The molecule has 2 aromatic carbocycles. The molecule has 3 rings (SSSR count). The van der Waals surface area contributed by atoms with E-state index in [-0.39, 0.29) is 17.7 Å². The first-order valence-corrected chi connectivity index (χ1v) is 7.26. The molecule has 0 saturated heterocycles. The van der Waals surface area contributed by atoms with E-state index in [2.05, 4.69) is 18.2 Å². The predicted molar refractivity (Wildman–Crippen MR) is 82.1 cm³/mol. The Kier molecular flexibility index (Phi) is 3.65. The number of hydrogen-bond donors (Lipinski definition) is 1. The maximum atomic E-state index is 12.5. The normalized spacial score (nSPS) is 16.5. The van der Waals surface area contributed by atoms with Gasteiger partial charge in [-0.25, -0.2) is 0 Å². The summed E-state index contributed by atoms with van der Waals surface area (Å²) in [5.41, 5.74) is 3.56. The number of amides is 1. The van der Waals surface area contributed by atoms with Crippen LogP contribution in [0.3, 0.4) is 0 Å². The minimum atomic E-state index is 0.113. The molecule has 0 bridgehead atoms. The molecule has 108 valence electrons. The Morgan fingerprint density at radius 2 is 1.90 bits per heavy atom. The average molecular weight is 281 g/mol. The van der Waals surface area contributed by atoms with Gasteiger partial charge >= 0.3 is 0 Å². The van der Waals surface area contributed by atoms with Crippen LogP contribution >= 0.6 is 0 Å². The zero-order valence-corrected chi connectivity index (χ0v) is 12.1. The third-order valence-corrected chi connectivity index (χ3v) is 4.25. The number of rotatable bonds is 3. The molecule has 3 nitrogen and oxygen atoms in total. The van der Waals surface area contributed by atoms with E-state index in [1.54, 1.807) is 24.3 Å². The van der Waals surface area contributed by atoms with Gasteiger partial charge in [0, 0.05) is 7.05 Å². The number of aromatic hydroxyl groups is 1. The maximum absolute atomic E-state index is 12.5. The van der Waals surface area contributed by atoms with E-state index in [1.165, 1.54) is 11.1 Å². The van der Waals surface area contributed by atoms with Crippen molar-refractivity contribution in [2.24, 2.45) is 0 Å². The van der Waals surface area contributed by atoms with Crippen LogP contribution in [0.4, 0.5) is 0 Å². The van der Waals surface area contributed by atoms with Crippen LogP contribution in [0, 0.1) is 0 Å². The second-order valence-corrected chi connectivity index (χ2v) is 5.60. The summed E-state index contributed by atoms with van der Waals surface area (Å²) in [5.74, 6) is 0.340. The molecule has 0 fully saturated rings. The van der Waals surface area contributed by atoms with Gasteiger partial charge in [-0.15, -0.1) is 0 Å². The second kappa shape index (κ2) is 5.60. The van der Waals surface area contributed by atoms with E-state index >= 15 is 0 Å². The lowest BCUT2D eigenvalue weighted by atomic mass is 10.1. The molecule has 1 amide bonds. The van der Waals surface area contributed by atoms with Crippen LogP contribution in [0.2, 0.25) is 0 Å². The molecule has 1 aliphatic rings. The minimum absolute atomic E-state index is 0.113. The molecule has 0 radical (unpaired) electrons. The van der Waals surface area contributed by atoms with Crippen LogP contribution in [0.1, 0.15) is 29.2 Å². The number of nitrogens with zero attached hydrogens (tertiary/aromatic N) is 1. The highest BCUT2D eigenvalue weighted by atomic mass is 16.3. The van der Waals surface area contributed by atoms with E-state index < -0.39 is 0 Å². The molecule has 1 unspecified atom stereocenters. The van der Waals surface area contributed by atoms with Gasteiger partial charge in [-0.05, 0) is 41.7 Å². The average Bonchev–Trinajstić information content (AvgIpc) is 2.92. The van der Waals surface area contributed by atoms with E-state index in [4.69, 9.17) is 0 Å². The number of phenolic OH excluding ortho intramolecular Hbond substituents is 1. The Morgan fingerprint density at radius 3 is 2.67 bits per heavy atom. The first-order chi connectivity index (χ1) is 10.1. The van der Waals surface area contributed by atoms with Gasteiger partial charge in [-0.2, -0.15) is 0 Å². The van der Waals surface area contributed by atoms with Crippen molar-refractivity contribution >= 4 is 5.91 Å². The Morgan fingerprint density at radius 1 is 1.19 bits per heavy atom. The third-order valence-electron chi connectivity index (χ3n) is 4.25. The summed E-state index contributed by atoms with van der Waals surface area (Å²) in [6.45, 7) is 0. The SMILES string of the molecule is CN(C(=O)Cc1ccc(O)cc1)C1CCc2ccccc21. The molecule has 0 aromatic heterocycles. The van der Waals surface area contributed by atoms with Gasteiger partial charge in [0.1, 0.15) is 5.75 Å². The zero-order chi connectivity index (χ0) is 14.8. The zero-order valence-electron chi connectivity index (χ0n) is 12.1. The van der Waals surface area contributed by atoms with Crippen molar-refractivity contribution < 1.29 is 9.90 Å². The molecule has 1 aliphatic carbocycles. The van der Waals surface area contributed by atoms with Crippen LogP contribution < -0.4 is 0 Å². The Hall–Kier alpha value is -2.29. The Bertz CT molecular complexity index is 649. The van der Waals surface area contributed by atoms with Crippen LogP contribution in [-0.2, 0) is 17.6 Å². The first kappa shape index (κ1) is 13.7. The maximum Gasteiger partial charge on any atom is 0.227 e. The highest BCUT2D eigenvalue weighted by Crippen LogP contribution is 2.35. The number of aryl methyl sites for hydroxylation is 1. The molecular weight excluding hydrogens is 262 g/mol. The highest BCUT2D eigenvalue weighted by Gasteiger charge is 2.28. The lowest BCUT2D eigenvalue weighted by Gasteiger charge is -2.25. The van der Waals surface area contributed by atoms with Crippen molar-refractivity contribution in [3.63, 3.8) is 0 Å². The van der Waals surface area contributed by atoms with Crippen molar-refractivity contribution in [1.29, 1.82) is 0 Å². The van der Waals surface area contributed by atoms with Crippen LogP contribution in [0.15, 0.2) is 48.5 Å². The number of carbonyl (C=O) groups excluding carboxylic acids is 1. The molecule has 2 aromatic rings. The summed E-state index contributed by atoms with van der Waals surface area (Å²) in [6, 6.07) is 15.4. The number of likely N-dealkylation sites (N-methyl/N-ethyl adjacent to an activating group) is 1. The van der Waals surface area contributed by atoms with Crippen molar-refractivity contribution in [2.45, 2.75) is 25.3 Å². The quantitative estimate of drug-likeness (QED) is 0.939. The number of phenols is 1. The van der Waals surface area contributed by atoms with E-state index in [1.807, 2.05) is 18.0 Å². The Labute approximate surface area is 124 Å². The molecular formula is C18H19NO2. The van der Waals surface area contributed by atoms with Crippen molar-refractivity contribution in [2.75, 3.05) is 7.05 Å².